The third-order valence-electron chi connectivity index (χ3n) is 4.36. The monoisotopic (exact) mass is 356 g/mol. The molecule has 26 heavy (non-hydrogen) atoms. The molecule has 3 aromatic rings. The summed E-state index contributed by atoms with van der Waals surface area (Å²) in [6, 6.07) is 14.3. The molecule has 0 fully saturated rings. The average molecular weight is 356 g/mol. The molecule has 0 radical (unpaired) electrons. The molecule has 0 saturated heterocycles. The van der Waals surface area contributed by atoms with Crippen molar-refractivity contribution in [3.63, 3.8) is 0 Å². The van der Waals surface area contributed by atoms with Crippen LogP contribution in [0, 0.1) is 5.82 Å². The molecule has 0 saturated carbocycles. The summed E-state index contributed by atoms with van der Waals surface area (Å²) in [6.45, 7) is 4.75. The molecule has 3 N–H and O–H groups in total. The van der Waals surface area contributed by atoms with Crippen LogP contribution in [0.5, 0.6) is 5.75 Å². The molecule has 5 heteroatoms. The van der Waals surface area contributed by atoms with E-state index in [1.54, 1.807) is 12.1 Å². The van der Waals surface area contributed by atoms with Crippen molar-refractivity contribution in [2.24, 2.45) is 0 Å². The van der Waals surface area contributed by atoms with Crippen molar-refractivity contribution in [3.05, 3.63) is 66.1 Å². The van der Waals surface area contributed by atoms with E-state index in [0.29, 0.717) is 6.54 Å². The Morgan fingerprint density at radius 3 is 2.69 bits per heavy atom. The highest BCUT2D eigenvalue weighted by Crippen LogP contribution is 2.24. The van der Waals surface area contributed by atoms with Crippen LogP contribution in [0.15, 0.2) is 54.7 Å². The van der Waals surface area contributed by atoms with E-state index < -0.39 is 6.10 Å². The van der Waals surface area contributed by atoms with Crippen LogP contribution in [0.1, 0.15) is 19.4 Å². The Bertz CT molecular complexity index is 843. The molecule has 0 spiro atoms. The summed E-state index contributed by atoms with van der Waals surface area (Å²) in [7, 11) is 0. The van der Waals surface area contributed by atoms with Gasteiger partial charge in [-0.2, -0.15) is 0 Å². The highest BCUT2D eigenvalue weighted by Gasteiger charge is 2.19. The van der Waals surface area contributed by atoms with Gasteiger partial charge in [-0.3, -0.25) is 0 Å². The van der Waals surface area contributed by atoms with Crippen molar-refractivity contribution in [2.45, 2.75) is 31.9 Å². The molecule has 1 heterocycles. The van der Waals surface area contributed by atoms with Crippen LogP contribution in [0.25, 0.3) is 10.9 Å². The normalized spacial score (nSPS) is 13.1. The van der Waals surface area contributed by atoms with Gasteiger partial charge in [0.2, 0.25) is 0 Å². The van der Waals surface area contributed by atoms with Crippen LogP contribution in [0.2, 0.25) is 0 Å². The molecule has 0 amide bonds. The Hall–Kier alpha value is -2.37. The Balaban J connectivity index is 1.49. The molecular formula is C21H25FN2O2. The number of ether oxygens (including phenoxy) is 1. The quantitative estimate of drug-likeness (QED) is 0.577. The van der Waals surface area contributed by atoms with Gasteiger partial charge in [0.15, 0.2) is 0 Å². The van der Waals surface area contributed by atoms with E-state index in [4.69, 9.17) is 4.74 Å². The lowest BCUT2D eigenvalue weighted by atomic mass is 9.94. The summed E-state index contributed by atoms with van der Waals surface area (Å²) < 4.78 is 18.8. The molecule has 0 unspecified atom stereocenters. The first kappa shape index (κ1) is 18.4. The summed E-state index contributed by atoms with van der Waals surface area (Å²) >= 11 is 0. The number of hydrogen-bond acceptors (Lipinski definition) is 3. The number of fused-ring (bicyclic) bond motifs is 1. The highest BCUT2D eigenvalue weighted by atomic mass is 19.1. The number of halogens is 1. The van der Waals surface area contributed by atoms with Gasteiger partial charge in [-0.1, -0.05) is 18.2 Å². The van der Waals surface area contributed by atoms with Gasteiger partial charge in [0.1, 0.15) is 24.3 Å². The number of benzene rings is 2. The lowest BCUT2D eigenvalue weighted by Crippen LogP contribution is -2.46. The number of aromatic amines is 1. The van der Waals surface area contributed by atoms with Crippen molar-refractivity contribution >= 4 is 10.9 Å². The lowest BCUT2D eigenvalue weighted by molar-refractivity contribution is 0.0996. The third kappa shape index (κ3) is 4.84. The summed E-state index contributed by atoms with van der Waals surface area (Å²) in [5.41, 5.74) is 1.84. The van der Waals surface area contributed by atoms with Gasteiger partial charge in [0, 0.05) is 29.2 Å². The minimum atomic E-state index is -0.628. The second kappa shape index (κ2) is 7.89. The number of aliphatic hydroxyl groups excluding tert-OH is 1. The van der Waals surface area contributed by atoms with Crippen LogP contribution >= 0.6 is 0 Å². The van der Waals surface area contributed by atoms with Crippen LogP contribution in [-0.2, 0) is 6.42 Å². The zero-order chi connectivity index (χ0) is 18.6. The second-order valence-electron chi connectivity index (χ2n) is 7.23. The molecule has 138 valence electrons. The smallest absolute Gasteiger partial charge is 0.128 e. The summed E-state index contributed by atoms with van der Waals surface area (Å²) in [6.07, 6.45) is 1.98. The number of aliphatic hydroxyl groups is 1. The molecule has 3 rings (SSSR count). The third-order valence-corrected chi connectivity index (χ3v) is 4.36. The number of β-amino-alcohol motifs (C(OH)–C–C–N with tert-alkyl or cyclic N) is 1. The first-order valence-electron chi connectivity index (χ1n) is 8.79. The number of nitrogens with one attached hydrogen (secondary N) is 2. The minimum absolute atomic E-state index is 0.212. The SMILES string of the molecule is CC(C)(Cc1ccc(F)cc1)NC[C@H](O)COc1cccc2[nH]ccc12. The minimum Gasteiger partial charge on any atom is -0.490 e. The zero-order valence-corrected chi connectivity index (χ0v) is 15.1. The molecule has 0 aliphatic rings. The van der Waals surface area contributed by atoms with Crippen LogP contribution in [0.4, 0.5) is 4.39 Å². The maximum Gasteiger partial charge on any atom is 0.128 e. The van der Waals surface area contributed by atoms with Gasteiger partial charge in [0.05, 0.1) is 0 Å². The van der Waals surface area contributed by atoms with Gasteiger partial charge >= 0.3 is 0 Å². The summed E-state index contributed by atoms with van der Waals surface area (Å²) in [5.74, 6) is 0.526. The lowest BCUT2D eigenvalue weighted by Gasteiger charge is -2.28. The average Bonchev–Trinajstić information content (AvgIpc) is 3.09. The summed E-state index contributed by atoms with van der Waals surface area (Å²) in [5, 5.41) is 14.6. The number of rotatable bonds is 8. The first-order valence-corrected chi connectivity index (χ1v) is 8.79. The maximum absolute atomic E-state index is 13.0. The van der Waals surface area contributed by atoms with E-state index in [0.717, 1.165) is 28.6 Å². The van der Waals surface area contributed by atoms with Gasteiger partial charge in [-0.05, 0) is 56.2 Å². The standard InChI is InChI=1S/C21H25FN2O2/c1-21(2,12-15-6-8-16(22)9-7-15)24-13-17(25)14-26-20-5-3-4-19-18(20)10-11-23-19/h3-11,17,23-25H,12-14H2,1-2H3/t17-/m0/s1. The molecule has 2 aromatic carbocycles. The fraction of sp³-hybridized carbons (Fsp3) is 0.333. The largest absolute Gasteiger partial charge is 0.490 e. The van der Waals surface area contributed by atoms with E-state index in [-0.39, 0.29) is 18.0 Å². The number of hydrogen-bond donors (Lipinski definition) is 3. The van der Waals surface area contributed by atoms with E-state index >= 15 is 0 Å². The Kier molecular flexibility index (Phi) is 5.59. The van der Waals surface area contributed by atoms with E-state index in [1.807, 2.05) is 30.5 Å². The van der Waals surface area contributed by atoms with Gasteiger partial charge in [0.25, 0.3) is 0 Å². The molecule has 0 aliphatic heterocycles. The van der Waals surface area contributed by atoms with Crippen molar-refractivity contribution < 1.29 is 14.2 Å². The maximum atomic E-state index is 13.0. The van der Waals surface area contributed by atoms with Gasteiger partial charge < -0.3 is 20.1 Å². The molecular weight excluding hydrogens is 331 g/mol. The summed E-state index contributed by atoms with van der Waals surface area (Å²) in [4.78, 5) is 3.14. The molecule has 1 aromatic heterocycles. The van der Waals surface area contributed by atoms with Crippen molar-refractivity contribution in [1.29, 1.82) is 0 Å². The molecule has 0 aliphatic carbocycles. The van der Waals surface area contributed by atoms with E-state index in [9.17, 15) is 9.50 Å². The van der Waals surface area contributed by atoms with Crippen LogP contribution in [0.3, 0.4) is 0 Å². The Labute approximate surface area is 153 Å². The molecule has 4 nitrogen and oxygen atoms in total. The van der Waals surface area contributed by atoms with E-state index in [1.165, 1.54) is 12.1 Å². The predicted octanol–water partition coefficient (Wildman–Crippen LogP) is 3.66. The number of aromatic nitrogens is 1. The van der Waals surface area contributed by atoms with Gasteiger partial charge in [-0.15, -0.1) is 0 Å². The van der Waals surface area contributed by atoms with Gasteiger partial charge in [-0.25, -0.2) is 4.39 Å². The van der Waals surface area contributed by atoms with Crippen LogP contribution in [-0.4, -0.2) is 34.9 Å². The van der Waals surface area contributed by atoms with Crippen molar-refractivity contribution in [1.82, 2.24) is 10.3 Å². The Morgan fingerprint density at radius 2 is 1.92 bits per heavy atom. The molecule has 1 atom stereocenters. The zero-order valence-electron chi connectivity index (χ0n) is 15.1. The first-order chi connectivity index (χ1) is 12.4. The Morgan fingerprint density at radius 1 is 1.15 bits per heavy atom. The topological polar surface area (TPSA) is 57.3 Å². The highest BCUT2D eigenvalue weighted by molar-refractivity contribution is 5.85. The fourth-order valence-electron chi connectivity index (χ4n) is 3.00. The van der Waals surface area contributed by atoms with E-state index in [2.05, 4.69) is 24.1 Å². The van der Waals surface area contributed by atoms with Crippen molar-refractivity contribution in [2.75, 3.05) is 13.2 Å². The molecule has 0 bridgehead atoms. The second-order valence-corrected chi connectivity index (χ2v) is 7.23. The number of H-pyrrole nitrogens is 1. The van der Waals surface area contributed by atoms with Crippen LogP contribution < -0.4 is 10.1 Å². The fourth-order valence-corrected chi connectivity index (χ4v) is 3.00. The van der Waals surface area contributed by atoms with Crippen molar-refractivity contribution in [3.8, 4) is 5.75 Å². The predicted molar refractivity (Wildman–Crippen MR) is 102 cm³/mol.